The van der Waals surface area contributed by atoms with Crippen LogP contribution in [0.15, 0.2) is 54.7 Å². The molecule has 12 heteroatoms. The number of carboxylic acids is 1. The highest BCUT2D eigenvalue weighted by Crippen LogP contribution is 2.24. The van der Waals surface area contributed by atoms with Gasteiger partial charge in [-0.05, 0) is 31.0 Å². The van der Waals surface area contributed by atoms with Crippen molar-refractivity contribution in [3.05, 3.63) is 66.1 Å². The van der Waals surface area contributed by atoms with E-state index in [2.05, 4.69) is 25.2 Å². The zero-order valence-corrected chi connectivity index (χ0v) is 20.4. The molecular weight excluding hydrogens is 491 g/mol. The summed E-state index contributed by atoms with van der Waals surface area (Å²) in [6, 6.07) is 15.9. The third-order valence-electron chi connectivity index (χ3n) is 5.31. The smallest absolute Gasteiger partial charge is 0.489 e. The van der Waals surface area contributed by atoms with Crippen molar-refractivity contribution in [1.82, 2.24) is 15.0 Å². The first-order valence-electron chi connectivity index (χ1n) is 11.5. The second kappa shape index (κ2) is 12.7. The molecule has 1 saturated heterocycles. The van der Waals surface area contributed by atoms with Crippen molar-refractivity contribution < 1.29 is 32.5 Å². The van der Waals surface area contributed by atoms with Crippen LogP contribution >= 0.6 is 0 Å². The molecule has 1 aromatic carbocycles. The van der Waals surface area contributed by atoms with Gasteiger partial charge in [-0.2, -0.15) is 13.2 Å². The second-order valence-electron chi connectivity index (χ2n) is 8.13. The van der Waals surface area contributed by atoms with E-state index < -0.39 is 12.1 Å². The molecule has 0 aliphatic carbocycles. The van der Waals surface area contributed by atoms with Crippen LogP contribution in [-0.4, -0.2) is 65.1 Å². The van der Waals surface area contributed by atoms with Gasteiger partial charge in [-0.15, -0.1) is 0 Å². The van der Waals surface area contributed by atoms with Gasteiger partial charge >= 0.3 is 12.1 Å². The minimum atomic E-state index is -5.08. The standard InChI is InChI=1S/C23H27N5O2.C2HF3O2/c1-17-26-21(24-12-10-18-8-9-23(29-2)25-15-18)14-22(27-17)28-13-11-20(16-28)30-19-6-4-3-5-7-19;3-2(4,5)1(6)7/h3-9,14-15,20H,10-13,16H2,1-2H3,(H,24,26,27);(H,6,7)/t20-;/m0./s1. The Kier molecular flexibility index (Phi) is 9.47. The Morgan fingerprint density at radius 2 is 1.92 bits per heavy atom. The first-order chi connectivity index (χ1) is 17.6. The molecule has 1 aliphatic heterocycles. The highest BCUT2D eigenvalue weighted by molar-refractivity contribution is 5.73. The van der Waals surface area contributed by atoms with E-state index >= 15 is 0 Å². The van der Waals surface area contributed by atoms with E-state index in [1.165, 1.54) is 0 Å². The Hall–Kier alpha value is -4.09. The van der Waals surface area contributed by atoms with Gasteiger partial charge in [-0.3, -0.25) is 0 Å². The van der Waals surface area contributed by atoms with Gasteiger partial charge in [0.05, 0.1) is 13.7 Å². The van der Waals surface area contributed by atoms with Crippen LogP contribution in [0.4, 0.5) is 24.8 Å². The van der Waals surface area contributed by atoms with E-state index in [4.69, 9.17) is 19.4 Å². The number of methoxy groups -OCH3 is 1. The lowest BCUT2D eigenvalue weighted by molar-refractivity contribution is -0.192. The maximum absolute atomic E-state index is 10.6. The fourth-order valence-corrected chi connectivity index (χ4v) is 3.54. The van der Waals surface area contributed by atoms with E-state index in [9.17, 15) is 13.2 Å². The topological polar surface area (TPSA) is 110 Å². The largest absolute Gasteiger partial charge is 0.490 e. The minimum absolute atomic E-state index is 0.168. The van der Waals surface area contributed by atoms with E-state index in [0.29, 0.717) is 5.88 Å². The van der Waals surface area contributed by atoms with Crippen LogP contribution < -0.4 is 19.7 Å². The zero-order chi connectivity index (χ0) is 26.8. The first kappa shape index (κ1) is 27.5. The van der Waals surface area contributed by atoms with Crippen molar-refractivity contribution >= 4 is 17.6 Å². The van der Waals surface area contributed by atoms with Gasteiger partial charge in [0.1, 0.15) is 29.3 Å². The lowest BCUT2D eigenvalue weighted by atomic mass is 10.2. The van der Waals surface area contributed by atoms with Crippen LogP contribution in [0, 0.1) is 6.92 Å². The molecule has 3 heterocycles. The maximum Gasteiger partial charge on any atom is 0.490 e. The van der Waals surface area contributed by atoms with Gasteiger partial charge in [0.15, 0.2) is 0 Å². The number of halogens is 3. The molecule has 0 amide bonds. The quantitative estimate of drug-likeness (QED) is 0.454. The molecule has 1 aliphatic rings. The van der Waals surface area contributed by atoms with Gasteiger partial charge in [0.25, 0.3) is 0 Å². The number of ether oxygens (including phenoxy) is 2. The van der Waals surface area contributed by atoms with Crippen LogP contribution in [0.2, 0.25) is 0 Å². The van der Waals surface area contributed by atoms with Crippen LogP contribution in [0.3, 0.4) is 0 Å². The zero-order valence-electron chi connectivity index (χ0n) is 20.4. The number of benzene rings is 1. The number of anilines is 2. The first-order valence-corrected chi connectivity index (χ1v) is 11.5. The summed E-state index contributed by atoms with van der Waals surface area (Å²) in [5.41, 5.74) is 1.15. The predicted octanol–water partition coefficient (Wildman–Crippen LogP) is 4.13. The third kappa shape index (κ3) is 8.81. The number of aryl methyl sites for hydroxylation is 1. The summed E-state index contributed by atoms with van der Waals surface area (Å²) in [5, 5.41) is 10.5. The Bertz CT molecular complexity index is 1150. The Labute approximate surface area is 212 Å². The van der Waals surface area contributed by atoms with Crippen molar-refractivity contribution in [3.8, 4) is 11.6 Å². The predicted molar refractivity (Wildman–Crippen MR) is 131 cm³/mol. The number of aliphatic carboxylic acids is 1. The number of para-hydroxylation sites is 1. The summed E-state index contributed by atoms with van der Waals surface area (Å²) in [5.74, 6) is 1.32. The van der Waals surface area contributed by atoms with Crippen molar-refractivity contribution in [2.24, 2.45) is 0 Å². The maximum atomic E-state index is 10.6. The molecule has 1 fully saturated rings. The molecule has 9 nitrogen and oxygen atoms in total. The summed E-state index contributed by atoms with van der Waals surface area (Å²) in [7, 11) is 1.62. The van der Waals surface area contributed by atoms with Crippen LogP contribution in [0.1, 0.15) is 17.8 Å². The minimum Gasteiger partial charge on any atom is -0.489 e. The summed E-state index contributed by atoms with van der Waals surface area (Å²) >= 11 is 0. The highest BCUT2D eigenvalue weighted by atomic mass is 19.4. The fourth-order valence-electron chi connectivity index (χ4n) is 3.54. The van der Waals surface area contributed by atoms with Crippen LogP contribution in [0.25, 0.3) is 0 Å². The number of hydrogen-bond donors (Lipinski definition) is 2. The SMILES string of the molecule is COc1ccc(CCNc2cc(N3CC[C@H](Oc4ccccc4)C3)nc(C)n2)cn1.O=C(O)C(F)(F)F. The molecular formula is C25H28F3N5O4. The van der Waals surface area contributed by atoms with E-state index in [1.54, 1.807) is 7.11 Å². The molecule has 0 radical (unpaired) electrons. The van der Waals surface area contributed by atoms with Crippen molar-refractivity contribution in [2.75, 3.05) is 37.0 Å². The number of carbonyl (C=O) groups is 1. The summed E-state index contributed by atoms with van der Waals surface area (Å²) < 4.78 is 42.9. The summed E-state index contributed by atoms with van der Waals surface area (Å²) in [6.07, 6.45) is -1.24. The molecule has 0 unspecified atom stereocenters. The van der Waals surface area contributed by atoms with Gasteiger partial charge in [-0.1, -0.05) is 24.3 Å². The summed E-state index contributed by atoms with van der Waals surface area (Å²) in [6.45, 7) is 4.44. The number of alkyl halides is 3. The average Bonchev–Trinajstić information content (AvgIpc) is 3.33. The lowest BCUT2D eigenvalue weighted by Gasteiger charge is -2.19. The number of aromatic nitrogens is 3. The average molecular weight is 520 g/mol. The number of pyridine rings is 1. The molecule has 4 rings (SSSR count). The second-order valence-corrected chi connectivity index (χ2v) is 8.13. The molecule has 3 aromatic rings. The Morgan fingerprint density at radius 1 is 1.19 bits per heavy atom. The molecule has 1 atom stereocenters. The molecule has 2 N–H and O–H groups in total. The van der Waals surface area contributed by atoms with E-state index in [-0.39, 0.29) is 6.10 Å². The number of nitrogens with zero attached hydrogens (tertiary/aromatic N) is 4. The van der Waals surface area contributed by atoms with Gasteiger partial charge in [-0.25, -0.2) is 19.7 Å². The highest BCUT2D eigenvalue weighted by Gasteiger charge is 2.38. The lowest BCUT2D eigenvalue weighted by Crippen LogP contribution is -2.25. The molecule has 198 valence electrons. The molecule has 0 spiro atoms. The third-order valence-corrected chi connectivity index (χ3v) is 5.31. The molecule has 0 saturated carbocycles. The van der Waals surface area contributed by atoms with Crippen molar-refractivity contribution in [1.29, 1.82) is 0 Å². The number of rotatable bonds is 8. The van der Waals surface area contributed by atoms with Crippen LogP contribution in [-0.2, 0) is 11.2 Å². The van der Waals surface area contributed by atoms with Gasteiger partial charge in [0, 0.05) is 37.8 Å². The molecule has 0 bridgehead atoms. The monoisotopic (exact) mass is 519 g/mol. The van der Waals surface area contributed by atoms with Crippen molar-refractivity contribution in [2.45, 2.75) is 32.0 Å². The fraction of sp³-hybridized carbons (Fsp3) is 0.360. The normalized spacial score (nSPS) is 14.9. The molecule has 37 heavy (non-hydrogen) atoms. The van der Waals surface area contributed by atoms with Gasteiger partial charge in [0.2, 0.25) is 5.88 Å². The Morgan fingerprint density at radius 3 is 2.54 bits per heavy atom. The molecule has 2 aromatic heterocycles. The summed E-state index contributed by atoms with van der Waals surface area (Å²) in [4.78, 5) is 24.6. The van der Waals surface area contributed by atoms with Crippen molar-refractivity contribution in [3.63, 3.8) is 0 Å². The number of carboxylic acid groups (broad SMARTS) is 1. The number of nitrogens with one attached hydrogen (secondary N) is 1. The van der Waals surface area contributed by atoms with E-state index in [1.807, 2.05) is 61.7 Å². The van der Waals surface area contributed by atoms with Gasteiger partial charge < -0.3 is 24.8 Å². The van der Waals surface area contributed by atoms with Crippen LogP contribution in [0.5, 0.6) is 11.6 Å². The number of hydrogen-bond acceptors (Lipinski definition) is 8. The van der Waals surface area contributed by atoms with E-state index in [0.717, 1.165) is 61.2 Å². The Balaban J connectivity index is 0.000000479.